The van der Waals surface area contributed by atoms with Crippen LogP contribution in [0.15, 0.2) is 72.6 Å². The number of ketones is 1. The maximum absolute atomic E-state index is 13.0. The number of nitrogens with zero attached hydrogens (tertiary/aromatic N) is 3. The van der Waals surface area contributed by atoms with Gasteiger partial charge in [-0.05, 0) is 54.1 Å². The van der Waals surface area contributed by atoms with Gasteiger partial charge in [0.1, 0.15) is 5.76 Å². The smallest absolute Gasteiger partial charge is 0.300 e. The molecular weight excluding hydrogens is 437 g/mol. The molecule has 152 valence electrons. The molecule has 2 aromatic carbocycles. The van der Waals surface area contributed by atoms with Crippen LogP contribution >= 0.6 is 23.2 Å². The van der Waals surface area contributed by atoms with Crippen molar-refractivity contribution in [2.75, 3.05) is 4.90 Å². The molecule has 0 saturated carbocycles. The van der Waals surface area contributed by atoms with E-state index in [1.54, 1.807) is 42.6 Å². The van der Waals surface area contributed by atoms with Crippen LogP contribution in [0.5, 0.6) is 0 Å². The lowest BCUT2D eigenvalue weighted by Gasteiger charge is -2.25. The summed E-state index contributed by atoms with van der Waals surface area (Å²) in [5.41, 5.74) is 1.51. The van der Waals surface area contributed by atoms with E-state index in [0.717, 1.165) is 0 Å². The highest BCUT2D eigenvalue weighted by Gasteiger charge is 2.47. The minimum Gasteiger partial charge on any atom is -0.507 e. The fourth-order valence-corrected chi connectivity index (χ4v) is 3.75. The van der Waals surface area contributed by atoms with Crippen molar-refractivity contribution >= 4 is 46.3 Å². The SMILES string of the molecule is N#Cc1ccc(N2C(=O)C(=O)/C(=C(\O)c3ccc(Cl)c(Cl)c3)C2c2cccnc2)cc1. The average molecular weight is 450 g/mol. The molecule has 1 amide bonds. The Labute approximate surface area is 187 Å². The van der Waals surface area contributed by atoms with Gasteiger partial charge in [-0.3, -0.25) is 19.5 Å². The molecule has 31 heavy (non-hydrogen) atoms. The van der Waals surface area contributed by atoms with E-state index in [9.17, 15) is 14.7 Å². The number of amides is 1. The van der Waals surface area contributed by atoms with Gasteiger partial charge < -0.3 is 5.11 Å². The second kappa shape index (κ2) is 8.23. The van der Waals surface area contributed by atoms with Crippen LogP contribution < -0.4 is 4.90 Å². The second-order valence-electron chi connectivity index (χ2n) is 6.74. The number of hydrogen-bond acceptors (Lipinski definition) is 5. The van der Waals surface area contributed by atoms with Crippen LogP contribution in [0, 0.1) is 11.3 Å². The van der Waals surface area contributed by atoms with E-state index in [1.807, 2.05) is 6.07 Å². The number of pyridine rings is 1. The molecule has 3 aromatic rings. The topological polar surface area (TPSA) is 94.3 Å². The zero-order chi connectivity index (χ0) is 22.1. The lowest BCUT2D eigenvalue weighted by molar-refractivity contribution is -0.132. The van der Waals surface area contributed by atoms with Crippen LogP contribution in [-0.4, -0.2) is 21.8 Å². The van der Waals surface area contributed by atoms with Crippen LogP contribution in [0.2, 0.25) is 10.0 Å². The fraction of sp³-hybridized carbons (Fsp3) is 0.0435. The van der Waals surface area contributed by atoms with E-state index < -0.39 is 17.7 Å². The van der Waals surface area contributed by atoms with E-state index in [1.165, 1.54) is 29.3 Å². The molecule has 1 aliphatic heterocycles. The number of rotatable bonds is 3. The summed E-state index contributed by atoms with van der Waals surface area (Å²) in [6, 6.07) is 15.2. The molecular formula is C23H13Cl2N3O3. The van der Waals surface area contributed by atoms with Crippen molar-refractivity contribution in [3.63, 3.8) is 0 Å². The summed E-state index contributed by atoms with van der Waals surface area (Å²) in [6.45, 7) is 0. The highest BCUT2D eigenvalue weighted by atomic mass is 35.5. The molecule has 2 heterocycles. The first-order valence-electron chi connectivity index (χ1n) is 9.09. The molecule has 1 unspecified atom stereocenters. The first-order chi connectivity index (χ1) is 14.9. The number of aliphatic hydroxyl groups excluding tert-OH is 1. The number of aromatic nitrogens is 1. The van der Waals surface area contributed by atoms with Gasteiger partial charge in [0.2, 0.25) is 0 Å². The molecule has 0 aliphatic carbocycles. The van der Waals surface area contributed by atoms with Crippen LogP contribution in [0.3, 0.4) is 0 Å². The number of hydrogen-bond donors (Lipinski definition) is 1. The molecule has 6 nitrogen and oxygen atoms in total. The van der Waals surface area contributed by atoms with Gasteiger partial charge in [-0.15, -0.1) is 0 Å². The summed E-state index contributed by atoms with van der Waals surface area (Å²) in [5.74, 6) is -2.02. The monoisotopic (exact) mass is 449 g/mol. The van der Waals surface area contributed by atoms with E-state index in [-0.39, 0.29) is 21.9 Å². The fourth-order valence-electron chi connectivity index (χ4n) is 3.45. The quantitative estimate of drug-likeness (QED) is 0.349. The Kier molecular flexibility index (Phi) is 5.47. The summed E-state index contributed by atoms with van der Waals surface area (Å²) in [4.78, 5) is 31.4. The van der Waals surface area contributed by atoms with Crippen molar-refractivity contribution in [3.05, 3.63) is 99.3 Å². The van der Waals surface area contributed by atoms with Crippen LogP contribution in [0.25, 0.3) is 5.76 Å². The largest absolute Gasteiger partial charge is 0.507 e. The standard InChI is InChI=1S/C23H13Cl2N3O3/c24-17-8-5-14(10-18(17)25)21(29)19-20(15-2-1-9-27-12-15)28(23(31)22(19)30)16-6-3-13(11-26)4-7-16/h1-10,12,20,29H/b21-19-. The number of carbonyl (C=O) groups excluding carboxylic acids is 2. The zero-order valence-corrected chi connectivity index (χ0v) is 17.3. The van der Waals surface area contributed by atoms with Crippen molar-refractivity contribution in [2.45, 2.75) is 6.04 Å². The molecule has 4 rings (SSSR count). The minimum absolute atomic E-state index is 0.0965. The van der Waals surface area contributed by atoms with E-state index in [2.05, 4.69) is 4.98 Å². The minimum atomic E-state index is -0.920. The average Bonchev–Trinajstić information content (AvgIpc) is 3.06. The number of anilines is 1. The third-order valence-corrected chi connectivity index (χ3v) is 5.65. The predicted molar refractivity (Wildman–Crippen MR) is 117 cm³/mol. The van der Waals surface area contributed by atoms with Gasteiger partial charge in [-0.1, -0.05) is 29.3 Å². The molecule has 1 N–H and O–H groups in total. The lowest BCUT2D eigenvalue weighted by Crippen LogP contribution is -2.29. The van der Waals surface area contributed by atoms with E-state index >= 15 is 0 Å². The van der Waals surface area contributed by atoms with Crippen molar-refractivity contribution in [2.24, 2.45) is 0 Å². The molecule has 0 bridgehead atoms. The lowest BCUT2D eigenvalue weighted by atomic mass is 9.96. The zero-order valence-electron chi connectivity index (χ0n) is 15.8. The van der Waals surface area contributed by atoms with Gasteiger partial charge >= 0.3 is 0 Å². The van der Waals surface area contributed by atoms with Crippen LogP contribution in [0.4, 0.5) is 5.69 Å². The number of benzene rings is 2. The van der Waals surface area contributed by atoms with Crippen molar-refractivity contribution in [1.82, 2.24) is 4.98 Å². The Morgan fingerprint density at radius 2 is 1.81 bits per heavy atom. The highest BCUT2D eigenvalue weighted by Crippen LogP contribution is 2.42. The maximum Gasteiger partial charge on any atom is 0.300 e. The molecule has 1 aromatic heterocycles. The van der Waals surface area contributed by atoms with Gasteiger partial charge in [-0.2, -0.15) is 5.26 Å². The Balaban J connectivity index is 1.93. The molecule has 1 aliphatic rings. The summed E-state index contributed by atoms with van der Waals surface area (Å²) in [6.07, 6.45) is 3.09. The third-order valence-electron chi connectivity index (χ3n) is 4.91. The van der Waals surface area contributed by atoms with Crippen molar-refractivity contribution in [1.29, 1.82) is 5.26 Å². The first kappa shape index (κ1) is 20.6. The Bertz CT molecular complexity index is 1270. The molecule has 0 spiro atoms. The third kappa shape index (κ3) is 3.66. The van der Waals surface area contributed by atoms with Gasteiger partial charge in [0.25, 0.3) is 11.7 Å². The summed E-state index contributed by atoms with van der Waals surface area (Å²) in [5, 5.41) is 20.6. The van der Waals surface area contributed by atoms with E-state index in [4.69, 9.17) is 28.5 Å². The molecule has 1 atom stereocenters. The number of Topliss-reactive ketones (excluding diaryl/α,β-unsaturated/α-hetero) is 1. The van der Waals surface area contributed by atoms with Crippen molar-refractivity contribution in [3.8, 4) is 6.07 Å². The van der Waals surface area contributed by atoms with Crippen LogP contribution in [0.1, 0.15) is 22.7 Å². The number of carbonyl (C=O) groups is 2. The van der Waals surface area contributed by atoms with Gasteiger partial charge in [0, 0.05) is 23.6 Å². The Morgan fingerprint density at radius 3 is 2.42 bits per heavy atom. The highest BCUT2D eigenvalue weighted by molar-refractivity contribution is 6.51. The Morgan fingerprint density at radius 1 is 1.06 bits per heavy atom. The number of aliphatic hydroxyl groups is 1. The molecule has 1 fully saturated rings. The van der Waals surface area contributed by atoms with Gasteiger partial charge in [-0.25, -0.2) is 0 Å². The van der Waals surface area contributed by atoms with Gasteiger partial charge in [0.15, 0.2) is 0 Å². The summed E-state index contributed by atoms with van der Waals surface area (Å²) in [7, 11) is 0. The molecule has 0 radical (unpaired) electrons. The summed E-state index contributed by atoms with van der Waals surface area (Å²) < 4.78 is 0. The normalized spacial score (nSPS) is 17.6. The number of nitriles is 1. The van der Waals surface area contributed by atoms with Crippen molar-refractivity contribution < 1.29 is 14.7 Å². The predicted octanol–water partition coefficient (Wildman–Crippen LogP) is 4.89. The first-order valence-corrected chi connectivity index (χ1v) is 9.84. The second-order valence-corrected chi connectivity index (χ2v) is 7.56. The molecule has 1 saturated heterocycles. The number of halogens is 2. The Hall–Kier alpha value is -3.66. The van der Waals surface area contributed by atoms with E-state index in [0.29, 0.717) is 21.8 Å². The maximum atomic E-state index is 13.0. The van der Waals surface area contributed by atoms with Gasteiger partial charge in [0.05, 0.1) is 33.3 Å². The summed E-state index contributed by atoms with van der Waals surface area (Å²) >= 11 is 12.0. The van der Waals surface area contributed by atoms with Crippen LogP contribution in [-0.2, 0) is 9.59 Å². The molecule has 8 heteroatoms.